The number of halogens is 3. The maximum atomic E-state index is 12.9. The van der Waals surface area contributed by atoms with E-state index in [0.717, 1.165) is 11.6 Å². The van der Waals surface area contributed by atoms with Crippen LogP contribution >= 0.6 is 0 Å². The quantitative estimate of drug-likeness (QED) is 0.268. The molecule has 0 aromatic carbocycles. The van der Waals surface area contributed by atoms with Gasteiger partial charge in [0.2, 0.25) is 5.91 Å². The second-order valence-corrected chi connectivity index (χ2v) is 8.46. The first-order valence-electron chi connectivity index (χ1n) is 11.4. The van der Waals surface area contributed by atoms with Crippen LogP contribution < -0.4 is 10.6 Å². The third-order valence-electron chi connectivity index (χ3n) is 5.89. The fourth-order valence-electron chi connectivity index (χ4n) is 3.99. The predicted octanol–water partition coefficient (Wildman–Crippen LogP) is 2.51. The molecule has 1 saturated heterocycles. The van der Waals surface area contributed by atoms with Gasteiger partial charge in [-0.05, 0) is 49.6 Å². The standard InChI is InChI=1S/C25H28F3N5O3/c1-16(25(26,27)28)10-11-21(29-3)32-12-13-33(17(2)15-32)24(36)23(35)30-19-7-5-8-20-18(14-19)6-4-9-22(34)31-20/h4,7-11,14,17H,1,5-6,12-13,15H2,2-3H3,(H,30,35)(H,31,34)/b11-10-,29-21?. The molecule has 0 saturated carbocycles. The first-order valence-corrected chi connectivity index (χ1v) is 11.4. The summed E-state index contributed by atoms with van der Waals surface area (Å²) in [6.07, 6.45) is 7.02. The van der Waals surface area contributed by atoms with Crippen LogP contribution in [0.5, 0.6) is 0 Å². The van der Waals surface area contributed by atoms with Crippen molar-refractivity contribution in [2.75, 3.05) is 26.7 Å². The van der Waals surface area contributed by atoms with E-state index >= 15 is 0 Å². The van der Waals surface area contributed by atoms with Crippen LogP contribution in [0, 0.1) is 0 Å². The van der Waals surface area contributed by atoms with Gasteiger partial charge in [0.05, 0.1) is 0 Å². The van der Waals surface area contributed by atoms with Gasteiger partial charge in [-0.3, -0.25) is 19.4 Å². The van der Waals surface area contributed by atoms with Gasteiger partial charge in [-0.1, -0.05) is 24.8 Å². The summed E-state index contributed by atoms with van der Waals surface area (Å²) >= 11 is 0. The lowest BCUT2D eigenvalue weighted by molar-refractivity contribution is -0.148. The van der Waals surface area contributed by atoms with Gasteiger partial charge in [-0.2, -0.15) is 13.2 Å². The van der Waals surface area contributed by atoms with Gasteiger partial charge in [-0.25, -0.2) is 0 Å². The van der Waals surface area contributed by atoms with E-state index in [4.69, 9.17) is 0 Å². The van der Waals surface area contributed by atoms with Gasteiger partial charge in [0.25, 0.3) is 0 Å². The van der Waals surface area contributed by atoms with Crippen molar-refractivity contribution in [3.63, 3.8) is 0 Å². The van der Waals surface area contributed by atoms with Crippen LogP contribution in [0.15, 0.2) is 76.6 Å². The minimum Gasteiger partial charge on any atom is -0.353 e. The Hall–Kier alpha value is -3.89. The van der Waals surface area contributed by atoms with Crippen LogP contribution in [-0.2, 0) is 14.4 Å². The largest absolute Gasteiger partial charge is 0.415 e. The molecule has 0 bridgehead atoms. The molecule has 3 rings (SSSR count). The number of fused-ring (bicyclic) bond motifs is 1. The SMILES string of the molecule is C=C(/C=C\C(=NC)N1CCN(C(=O)C(=O)NC2=CCC=C3NC(=O)C=CCC3=C2)C(C)C1)C(F)(F)F. The first kappa shape index (κ1) is 26.7. The number of amidine groups is 1. The summed E-state index contributed by atoms with van der Waals surface area (Å²) < 4.78 is 38.1. The Morgan fingerprint density at radius 3 is 2.67 bits per heavy atom. The molecule has 0 aromatic heterocycles. The van der Waals surface area contributed by atoms with Crippen molar-refractivity contribution < 1.29 is 27.6 Å². The molecule has 2 heterocycles. The number of nitrogens with one attached hydrogen (secondary N) is 2. The van der Waals surface area contributed by atoms with Crippen molar-refractivity contribution in [2.45, 2.75) is 32.0 Å². The highest BCUT2D eigenvalue weighted by atomic mass is 19.4. The lowest BCUT2D eigenvalue weighted by atomic mass is 10.1. The number of amides is 3. The molecule has 1 atom stereocenters. The summed E-state index contributed by atoms with van der Waals surface area (Å²) in [5, 5.41) is 5.43. The first-order chi connectivity index (χ1) is 17.0. The number of aliphatic imine (C=N–C) groups is 1. The second kappa shape index (κ2) is 11.2. The number of allylic oxidation sites excluding steroid dienone is 7. The maximum absolute atomic E-state index is 12.9. The molecular formula is C25H28F3N5O3. The monoisotopic (exact) mass is 503 g/mol. The van der Waals surface area contributed by atoms with Gasteiger partial charge in [0.15, 0.2) is 0 Å². The van der Waals surface area contributed by atoms with E-state index in [9.17, 15) is 27.6 Å². The normalized spacial score (nSPS) is 21.0. The van der Waals surface area contributed by atoms with Gasteiger partial charge >= 0.3 is 18.0 Å². The summed E-state index contributed by atoms with van der Waals surface area (Å²) in [4.78, 5) is 44.6. The number of alkyl halides is 3. The molecule has 2 aliphatic heterocycles. The second-order valence-electron chi connectivity index (χ2n) is 8.46. The number of carbonyl (C=O) groups excluding carboxylic acids is 3. The van der Waals surface area contributed by atoms with Crippen LogP contribution in [0.1, 0.15) is 19.8 Å². The van der Waals surface area contributed by atoms with E-state index < -0.39 is 23.6 Å². The van der Waals surface area contributed by atoms with Gasteiger partial charge in [0.1, 0.15) is 5.84 Å². The summed E-state index contributed by atoms with van der Waals surface area (Å²) in [6, 6.07) is -0.384. The summed E-state index contributed by atoms with van der Waals surface area (Å²) in [7, 11) is 1.47. The minimum atomic E-state index is -4.53. The van der Waals surface area contributed by atoms with E-state index in [1.165, 1.54) is 24.1 Å². The van der Waals surface area contributed by atoms with Crippen molar-refractivity contribution in [1.29, 1.82) is 0 Å². The molecule has 1 fully saturated rings. The molecule has 3 amide bonds. The molecule has 0 aromatic rings. The highest BCUT2D eigenvalue weighted by molar-refractivity contribution is 6.35. The highest BCUT2D eigenvalue weighted by Crippen LogP contribution is 2.25. The average molecular weight is 504 g/mol. The Kier molecular flexibility index (Phi) is 8.33. The van der Waals surface area contributed by atoms with Crippen molar-refractivity contribution in [2.24, 2.45) is 4.99 Å². The van der Waals surface area contributed by atoms with Crippen molar-refractivity contribution in [3.05, 3.63) is 71.7 Å². The zero-order valence-electron chi connectivity index (χ0n) is 20.1. The average Bonchev–Trinajstić information content (AvgIpc) is 3.10. The predicted molar refractivity (Wildman–Crippen MR) is 129 cm³/mol. The molecule has 1 unspecified atom stereocenters. The van der Waals surface area contributed by atoms with Crippen molar-refractivity contribution in [3.8, 4) is 0 Å². The molecule has 0 radical (unpaired) electrons. The molecule has 0 spiro atoms. The lowest BCUT2D eigenvalue weighted by Gasteiger charge is -2.40. The van der Waals surface area contributed by atoms with E-state index in [0.29, 0.717) is 43.2 Å². The van der Waals surface area contributed by atoms with Crippen molar-refractivity contribution >= 4 is 23.6 Å². The highest BCUT2D eigenvalue weighted by Gasteiger charge is 2.33. The molecular weight excluding hydrogens is 475 g/mol. The van der Waals surface area contributed by atoms with Gasteiger partial charge in [-0.15, -0.1) is 0 Å². The maximum Gasteiger partial charge on any atom is 0.415 e. The fourth-order valence-corrected chi connectivity index (χ4v) is 3.99. The van der Waals surface area contributed by atoms with Crippen LogP contribution in [0.3, 0.4) is 0 Å². The molecule has 2 N–H and O–H groups in total. The Labute approximate surface area is 207 Å². The Bertz CT molecular complexity index is 1130. The number of hydrogen-bond donors (Lipinski definition) is 2. The van der Waals surface area contributed by atoms with E-state index in [2.05, 4.69) is 22.2 Å². The smallest absolute Gasteiger partial charge is 0.353 e. The molecule has 36 heavy (non-hydrogen) atoms. The Balaban J connectivity index is 1.61. The summed E-state index contributed by atoms with van der Waals surface area (Å²) in [5.74, 6) is -1.39. The van der Waals surface area contributed by atoms with Crippen LogP contribution in [0.4, 0.5) is 13.2 Å². The number of hydrogen-bond acceptors (Lipinski definition) is 4. The number of nitrogens with zero attached hydrogens (tertiary/aromatic N) is 3. The number of carbonyl (C=O) groups is 3. The lowest BCUT2D eigenvalue weighted by Crippen LogP contribution is -2.57. The van der Waals surface area contributed by atoms with Gasteiger partial charge < -0.3 is 20.4 Å². The zero-order chi connectivity index (χ0) is 26.5. The third-order valence-corrected chi connectivity index (χ3v) is 5.89. The van der Waals surface area contributed by atoms with Crippen LogP contribution in [0.2, 0.25) is 0 Å². The van der Waals surface area contributed by atoms with E-state index in [1.54, 1.807) is 30.1 Å². The Morgan fingerprint density at radius 2 is 2.00 bits per heavy atom. The van der Waals surface area contributed by atoms with E-state index in [1.807, 2.05) is 6.08 Å². The number of piperazine rings is 1. The van der Waals surface area contributed by atoms with Crippen molar-refractivity contribution in [1.82, 2.24) is 20.4 Å². The molecule has 192 valence electrons. The van der Waals surface area contributed by atoms with Crippen LogP contribution in [0.25, 0.3) is 0 Å². The molecule has 11 heteroatoms. The van der Waals surface area contributed by atoms with Gasteiger partial charge in [0, 0.05) is 49.7 Å². The summed E-state index contributed by atoms with van der Waals surface area (Å²) in [6.45, 7) is 5.56. The zero-order valence-corrected chi connectivity index (χ0v) is 20.1. The molecule has 8 nitrogen and oxygen atoms in total. The number of rotatable bonds is 3. The molecule has 3 aliphatic rings. The topological polar surface area (TPSA) is 94.1 Å². The summed E-state index contributed by atoms with van der Waals surface area (Å²) in [5.41, 5.74) is 0.946. The minimum absolute atomic E-state index is 0.198. The Morgan fingerprint density at radius 1 is 1.25 bits per heavy atom. The molecule has 1 aliphatic carbocycles. The fraction of sp³-hybridized carbons (Fsp3) is 0.360. The van der Waals surface area contributed by atoms with Crippen LogP contribution in [-0.4, -0.2) is 72.3 Å². The van der Waals surface area contributed by atoms with E-state index in [-0.39, 0.29) is 18.5 Å². The third kappa shape index (κ3) is 6.61.